The molecule has 2 aromatic heterocycles. The molecular weight excluding hydrogens is 242 g/mol. The SMILES string of the molecule is Cn1ccc(C(=O)Nc2cc(C#CCN)ccn2)n1. The van der Waals surface area contributed by atoms with Gasteiger partial charge in [-0.05, 0) is 18.2 Å². The lowest BCUT2D eigenvalue weighted by Gasteiger charge is -2.02. The van der Waals surface area contributed by atoms with Gasteiger partial charge in [-0.15, -0.1) is 0 Å². The zero-order valence-electron chi connectivity index (χ0n) is 10.4. The minimum Gasteiger partial charge on any atom is -0.320 e. The Morgan fingerprint density at radius 3 is 3.05 bits per heavy atom. The maximum Gasteiger partial charge on any atom is 0.277 e. The molecule has 6 nitrogen and oxygen atoms in total. The number of carbonyl (C=O) groups excluding carboxylic acids is 1. The Morgan fingerprint density at radius 2 is 2.37 bits per heavy atom. The Bertz CT molecular complexity index is 650. The highest BCUT2D eigenvalue weighted by Crippen LogP contribution is 2.07. The summed E-state index contributed by atoms with van der Waals surface area (Å²) in [4.78, 5) is 15.9. The van der Waals surface area contributed by atoms with Gasteiger partial charge in [-0.1, -0.05) is 11.8 Å². The van der Waals surface area contributed by atoms with Crippen molar-refractivity contribution in [3.05, 3.63) is 41.9 Å². The molecule has 0 spiro atoms. The fraction of sp³-hybridized carbons (Fsp3) is 0.154. The average molecular weight is 255 g/mol. The molecule has 2 aromatic rings. The molecule has 3 N–H and O–H groups in total. The summed E-state index contributed by atoms with van der Waals surface area (Å²) in [6.45, 7) is 0.290. The quantitative estimate of drug-likeness (QED) is 0.759. The number of aromatic nitrogens is 3. The summed E-state index contributed by atoms with van der Waals surface area (Å²) in [7, 11) is 1.75. The van der Waals surface area contributed by atoms with Crippen LogP contribution in [0.3, 0.4) is 0 Å². The Morgan fingerprint density at radius 1 is 1.53 bits per heavy atom. The van der Waals surface area contributed by atoms with Gasteiger partial charge in [0, 0.05) is 25.0 Å². The van der Waals surface area contributed by atoms with Crippen LogP contribution in [-0.4, -0.2) is 27.2 Å². The molecule has 19 heavy (non-hydrogen) atoms. The van der Waals surface area contributed by atoms with E-state index < -0.39 is 0 Å². The molecular formula is C13H13N5O. The van der Waals surface area contributed by atoms with Crippen molar-refractivity contribution in [1.82, 2.24) is 14.8 Å². The largest absolute Gasteiger partial charge is 0.320 e. The van der Waals surface area contributed by atoms with Crippen molar-refractivity contribution in [3.63, 3.8) is 0 Å². The van der Waals surface area contributed by atoms with Gasteiger partial charge in [0.2, 0.25) is 0 Å². The van der Waals surface area contributed by atoms with Gasteiger partial charge < -0.3 is 11.1 Å². The number of amides is 1. The first kappa shape index (κ1) is 12.8. The summed E-state index contributed by atoms with van der Waals surface area (Å²) in [6, 6.07) is 5.07. The van der Waals surface area contributed by atoms with E-state index in [2.05, 4.69) is 27.2 Å². The Kier molecular flexibility index (Phi) is 3.90. The lowest BCUT2D eigenvalue weighted by Crippen LogP contribution is -2.14. The molecule has 0 unspecified atom stereocenters. The van der Waals surface area contributed by atoms with E-state index in [9.17, 15) is 4.79 Å². The number of nitrogens with one attached hydrogen (secondary N) is 1. The zero-order chi connectivity index (χ0) is 13.7. The fourth-order valence-electron chi connectivity index (χ4n) is 1.45. The summed E-state index contributed by atoms with van der Waals surface area (Å²) in [6.07, 6.45) is 3.28. The van der Waals surface area contributed by atoms with Crippen molar-refractivity contribution >= 4 is 11.7 Å². The number of hydrogen-bond donors (Lipinski definition) is 2. The van der Waals surface area contributed by atoms with Crippen molar-refractivity contribution in [2.45, 2.75) is 0 Å². The first-order chi connectivity index (χ1) is 9.19. The van der Waals surface area contributed by atoms with Gasteiger partial charge in [0.05, 0.1) is 6.54 Å². The molecule has 0 aromatic carbocycles. The van der Waals surface area contributed by atoms with E-state index in [1.54, 1.807) is 42.3 Å². The van der Waals surface area contributed by atoms with Crippen molar-refractivity contribution in [2.75, 3.05) is 11.9 Å². The van der Waals surface area contributed by atoms with Crippen LogP contribution < -0.4 is 11.1 Å². The van der Waals surface area contributed by atoms with Gasteiger partial charge in [-0.25, -0.2) is 4.98 Å². The fourth-order valence-corrected chi connectivity index (χ4v) is 1.45. The van der Waals surface area contributed by atoms with Crippen LogP contribution in [0.4, 0.5) is 5.82 Å². The van der Waals surface area contributed by atoms with Crippen molar-refractivity contribution < 1.29 is 4.79 Å². The van der Waals surface area contributed by atoms with Crippen LogP contribution in [0.25, 0.3) is 0 Å². The number of hydrogen-bond acceptors (Lipinski definition) is 4. The normalized spacial score (nSPS) is 9.58. The predicted octanol–water partition coefficient (Wildman–Crippen LogP) is 0.378. The number of aryl methyl sites for hydroxylation is 1. The summed E-state index contributed by atoms with van der Waals surface area (Å²) >= 11 is 0. The maximum atomic E-state index is 11.9. The standard InChI is InChI=1S/C13H13N5O/c1-18-8-5-11(17-18)13(19)16-12-9-10(3-2-6-14)4-7-15-12/h4-5,7-9H,6,14H2,1H3,(H,15,16,19). The molecule has 6 heteroatoms. The molecule has 0 saturated carbocycles. The number of nitrogens with two attached hydrogens (primary N) is 1. The van der Waals surface area contributed by atoms with E-state index in [4.69, 9.17) is 5.73 Å². The summed E-state index contributed by atoms with van der Waals surface area (Å²) in [5.41, 5.74) is 6.39. The van der Waals surface area contributed by atoms with Gasteiger partial charge in [-0.3, -0.25) is 9.48 Å². The van der Waals surface area contributed by atoms with E-state index >= 15 is 0 Å². The monoisotopic (exact) mass is 255 g/mol. The van der Waals surface area contributed by atoms with Crippen LogP contribution in [0.15, 0.2) is 30.6 Å². The lowest BCUT2D eigenvalue weighted by molar-refractivity contribution is 0.102. The number of pyridine rings is 1. The third-order valence-corrected chi connectivity index (χ3v) is 2.28. The van der Waals surface area contributed by atoms with Gasteiger partial charge >= 0.3 is 0 Å². The number of nitrogens with zero attached hydrogens (tertiary/aromatic N) is 3. The van der Waals surface area contributed by atoms with E-state index in [-0.39, 0.29) is 12.5 Å². The van der Waals surface area contributed by atoms with Crippen LogP contribution in [0.2, 0.25) is 0 Å². The van der Waals surface area contributed by atoms with E-state index in [0.29, 0.717) is 11.5 Å². The number of anilines is 1. The minimum absolute atomic E-state index is 0.290. The van der Waals surface area contributed by atoms with E-state index in [0.717, 1.165) is 5.56 Å². The molecule has 0 radical (unpaired) electrons. The molecule has 0 fully saturated rings. The summed E-state index contributed by atoms with van der Waals surface area (Å²) < 4.78 is 1.56. The molecule has 0 aliphatic heterocycles. The minimum atomic E-state index is -0.308. The van der Waals surface area contributed by atoms with Gasteiger partial charge in [0.15, 0.2) is 5.69 Å². The van der Waals surface area contributed by atoms with Gasteiger partial charge in [0.25, 0.3) is 5.91 Å². The second-order valence-electron chi connectivity index (χ2n) is 3.76. The molecule has 0 bridgehead atoms. The molecule has 0 aliphatic rings. The predicted molar refractivity (Wildman–Crippen MR) is 71.3 cm³/mol. The van der Waals surface area contributed by atoms with Crippen molar-refractivity contribution in [2.24, 2.45) is 12.8 Å². The van der Waals surface area contributed by atoms with Crippen molar-refractivity contribution in [1.29, 1.82) is 0 Å². The Labute approximate surface area is 110 Å². The van der Waals surface area contributed by atoms with Crippen LogP contribution in [0.5, 0.6) is 0 Å². The zero-order valence-corrected chi connectivity index (χ0v) is 10.4. The van der Waals surface area contributed by atoms with E-state index in [1.807, 2.05) is 0 Å². The second kappa shape index (κ2) is 5.80. The number of carbonyl (C=O) groups is 1. The van der Waals surface area contributed by atoms with Crippen LogP contribution in [-0.2, 0) is 7.05 Å². The topological polar surface area (TPSA) is 85.8 Å². The molecule has 96 valence electrons. The Hall–Kier alpha value is -2.65. The first-order valence-electron chi connectivity index (χ1n) is 5.65. The third-order valence-electron chi connectivity index (χ3n) is 2.28. The number of rotatable bonds is 2. The summed E-state index contributed by atoms with van der Waals surface area (Å²) in [5, 5.41) is 6.67. The smallest absolute Gasteiger partial charge is 0.277 e. The first-order valence-corrected chi connectivity index (χ1v) is 5.65. The van der Waals surface area contributed by atoms with Crippen LogP contribution in [0.1, 0.15) is 16.1 Å². The average Bonchev–Trinajstić information content (AvgIpc) is 2.83. The third kappa shape index (κ3) is 3.40. The molecule has 0 saturated heterocycles. The van der Waals surface area contributed by atoms with Gasteiger partial charge in [0.1, 0.15) is 5.82 Å². The molecule has 2 heterocycles. The Balaban J connectivity index is 2.13. The maximum absolute atomic E-state index is 11.9. The van der Waals surface area contributed by atoms with Crippen LogP contribution in [0, 0.1) is 11.8 Å². The molecule has 1 amide bonds. The highest BCUT2D eigenvalue weighted by atomic mass is 16.2. The molecule has 0 aliphatic carbocycles. The second-order valence-corrected chi connectivity index (χ2v) is 3.76. The van der Waals surface area contributed by atoms with Crippen LogP contribution >= 0.6 is 0 Å². The highest BCUT2D eigenvalue weighted by molar-refractivity contribution is 6.02. The summed E-state index contributed by atoms with van der Waals surface area (Å²) in [5.74, 6) is 5.74. The molecule has 0 atom stereocenters. The van der Waals surface area contributed by atoms with Gasteiger partial charge in [-0.2, -0.15) is 5.10 Å². The van der Waals surface area contributed by atoms with Crippen molar-refractivity contribution in [3.8, 4) is 11.8 Å². The lowest BCUT2D eigenvalue weighted by atomic mass is 10.2. The van der Waals surface area contributed by atoms with E-state index in [1.165, 1.54) is 0 Å². The highest BCUT2D eigenvalue weighted by Gasteiger charge is 2.09. The molecule has 2 rings (SSSR count).